The van der Waals surface area contributed by atoms with E-state index in [4.69, 9.17) is 23.2 Å². The quantitative estimate of drug-likeness (QED) is 0.780. The first kappa shape index (κ1) is 13.4. The van der Waals surface area contributed by atoms with Crippen molar-refractivity contribution in [3.63, 3.8) is 0 Å². The van der Waals surface area contributed by atoms with Crippen LogP contribution in [0, 0.1) is 5.82 Å². The summed E-state index contributed by atoms with van der Waals surface area (Å²) in [5, 5.41) is 0. The Balaban J connectivity index is 1.99. The molecule has 1 heterocycles. The van der Waals surface area contributed by atoms with Crippen molar-refractivity contribution >= 4 is 34.8 Å². The molecule has 1 amide bonds. The van der Waals surface area contributed by atoms with E-state index in [1.807, 2.05) is 4.90 Å². The van der Waals surface area contributed by atoms with Crippen LogP contribution in [0.3, 0.4) is 0 Å². The fourth-order valence-electron chi connectivity index (χ4n) is 2.01. The zero-order valence-electron chi connectivity index (χ0n) is 9.65. The maximum Gasteiger partial charge on any atom is 0.255 e. The normalized spacial score (nSPS) is 16.2. The van der Waals surface area contributed by atoms with Crippen molar-refractivity contribution in [1.29, 1.82) is 0 Å². The topological polar surface area (TPSA) is 23.6 Å². The van der Waals surface area contributed by atoms with Crippen molar-refractivity contribution in [1.82, 2.24) is 4.90 Å². The first-order chi connectivity index (χ1) is 8.59. The van der Waals surface area contributed by atoms with E-state index in [1.54, 1.807) is 23.1 Å². The Kier molecular flexibility index (Phi) is 4.30. The summed E-state index contributed by atoms with van der Waals surface area (Å²) in [6.07, 6.45) is 0. The van der Waals surface area contributed by atoms with Gasteiger partial charge in [-0.25, -0.2) is 4.39 Å². The molecule has 1 saturated heterocycles. The number of benzene rings is 1. The van der Waals surface area contributed by atoms with E-state index < -0.39 is 4.84 Å². The van der Waals surface area contributed by atoms with Crippen molar-refractivity contribution in [2.45, 2.75) is 4.84 Å². The van der Waals surface area contributed by atoms with Gasteiger partial charge in [0, 0.05) is 26.2 Å². The van der Waals surface area contributed by atoms with Crippen molar-refractivity contribution in [2.75, 3.05) is 31.1 Å². The first-order valence-corrected chi connectivity index (χ1v) is 6.53. The Morgan fingerprint density at radius 1 is 1.17 bits per heavy atom. The summed E-state index contributed by atoms with van der Waals surface area (Å²) in [4.78, 5) is 14.1. The molecule has 0 saturated carbocycles. The molecule has 1 aromatic carbocycles. The Morgan fingerprint density at radius 2 is 1.78 bits per heavy atom. The Morgan fingerprint density at radius 3 is 2.33 bits per heavy atom. The lowest BCUT2D eigenvalue weighted by molar-refractivity contribution is -0.129. The number of nitrogens with zero attached hydrogens (tertiary/aromatic N) is 2. The molecule has 1 aliphatic heterocycles. The fraction of sp³-hybridized carbons (Fsp3) is 0.417. The summed E-state index contributed by atoms with van der Waals surface area (Å²) in [5.74, 6) is -0.531. The van der Waals surface area contributed by atoms with Crippen LogP contribution in [0.15, 0.2) is 24.3 Å². The molecule has 1 aliphatic rings. The molecule has 0 N–H and O–H groups in total. The molecular formula is C12H13Cl2FN2O. The molecule has 0 spiro atoms. The van der Waals surface area contributed by atoms with Gasteiger partial charge in [-0.15, -0.1) is 0 Å². The van der Waals surface area contributed by atoms with E-state index in [0.29, 0.717) is 31.9 Å². The lowest BCUT2D eigenvalue weighted by Crippen LogP contribution is -2.50. The predicted octanol–water partition coefficient (Wildman–Crippen LogP) is 2.28. The number of piperazine rings is 1. The highest BCUT2D eigenvalue weighted by atomic mass is 35.5. The Bertz CT molecular complexity index is 434. The van der Waals surface area contributed by atoms with Gasteiger partial charge in [0.05, 0.1) is 5.69 Å². The Hall–Kier alpha value is -1.00. The lowest BCUT2D eigenvalue weighted by Gasteiger charge is -2.36. The number of para-hydroxylation sites is 1. The van der Waals surface area contributed by atoms with Crippen LogP contribution in [0.1, 0.15) is 0 Å². The van der Waals surface area contributed by atoms with Gasteiger partial charge in [0.15, 0.2) is 4.84 Å². The van der Waals surface area contributed by atoms with Gasteiger partial charge in [-0.2, -0.15) is 0 Å². The van der Waals surface area contributed by atoms with Crippen LogP contribution < -0.4 is 4.90 Å². The number of carbonyl (C=O) groups is 1. The van der Waals surface area contributed by atoms with E-state index in [2.05, 4.69) is 0 Å². The van der Waals surface area contributed by atoms with E-state index in [-0.39, 0.29) is 11.7 Å². The van der Waals surface area contributed by atoms with Crippen LogP contribution in [0.5, 0.6) is 0 Å². The SMILES string of the molecule is O=C(C(Cl)Cl)N1CCN(c2ccccc2F)CC1. The number of halogens is 3. The summed E-state index contributed by atoms with van der Waals surface area (Å²) in [5.41, 5.74) is 0.567. The highest BCUT2D eigenvalue weighted by Gasteiger charge is 2.25. The van der Waals surface area contributed by atoms with Crippen LogP contribution in [-0.4, -0.2) is 41.8 Å². The third-order valence-corrected chi connectivity index (χ3v) is 3.34. The molecule has 1 fully saturated rings. The van der Waals surface area contributed by atoms with Gasteiger partial charge < -0.3 is 9.80 Å². The van der Waals surface area contributed by atoms with Crippen LogP contribution in [0.2, 0.25) is 0 Å². The van der Waals surface area contributed by atoms with Crippen molar-refractivity contribution < 1.29 is 9.18 Å². The van der Waals surface area contributed by atoms with Crippen molar-refractivity contribution in [3.8, 4) is 0 Å². The average molecular weight is 291 g/mol. The number of carbonyl (C=O) groups excluding carboxylic acids is 1. The lowest BCUT2D eigenvalue weighted by atomic mass is 10.2. The van der Waals surface area contributed by atoms with Gasteiger partial charge in [-0.3, -0.25) is 4.79 Å². The van der Waals surface area contributed by atoms with Gasteiger partial charge in [-0.1, -0.05) is 35.3 Å². The van der Waals surface area contributed by atoms with E-state index in [1.165, 1.54) is 6.07 Å². The zero-order chi connectivity index (χ0) is 13.1. The highest BCUT2D eigenvalue weighted by molar-refractivity contribution is 6.53. The molecule has 0 radical (unpaired) electrons. The molecule has 98 valence electrons. The summed E-state index contributed by atoms with van der Waals surface area (Å²) in [7, 11) is 0. The highest BCUT2D eigenvalue weighted by Crippen LogP contribution is 2.20. The van der Waals surface area contributed by atoms with Gasteiger partial charge in [0.1, 0.15) is 5.82 Å². The standard InChI is InChI=1S/C12H13Cl2FN2O/c13-11(14)12(18)17-7-5-16(6-8-17)10-4-2-1-3-9(10)15/h1-4,11H,5-8H2. The number of alkyl halides is 2. The van der Waals surface area contributed by atoms with E-state index >= 15 is 0 Å². The van der Waals surface area contributed by atoms with Crippen molar-refractivity contribution in [3.05, 3.63) is 30.1 Å². The minimum absolute atomic E-state index is 0.246. The molecule has 3 nitrogen and oxygen atoms in total. The third-order valence-electron chi connectivity index (χ3n) is 2.97. The van der Waals surface area contributed by atoms with Gasteiger partial charge in [-0.05, 0) is 12.1 Å². The number of anilines is 1. The number of rotatable bonds is 2. The molecule has 2 rings (SSSR count). The number of hydrogen-bond acceptors (Lipinski definition) is 2. The largest absolute Gasteiger partial charge is 0.366 e. The first-order valence-electron chi connectivity index (χ1n) is 5.66. The molecule has 1 aromatic rings. The molecule has 0 atom stereocenters. The summed E-state index contributed by atoms with van der Waals surface area (Å²) in [6, 6.07) is 6.62. The second-order valence-corrected chi connectivity index (χ2v) is 5.16. The zero-order valence-corrected chi connectivity index (χ0v) is 11.2. The van der Waals surface area contributed by atoms with Gasteiger partial charge >= 0.3 is 0 Å². The van der Waals surface area contributed by atoms with Gasteiger partial charge in [0.25, 0.3) is 5.91 Å². The molecule has 0 bridgehead atoms. The van der Waals surface area contributed by atoms with E-state index in [0.717, 1.165) is 0 Å². The molecule has 18 heavy (non-hydrogen) atoms. The summed E-state index contributed by atoms with van der Waals surface area (Å²) in [6.45, 7) is 2.16. The predicted molar refractivity (Wildman–Crippen MR) is 70.7 cm³/mol. The number of amides is 1. The summed E-state index contributed by atoms with van der Waals surface area (Å²) < 4.78 is 13.6. The fourth-order valence-corrected chi connectivity index (χ4v) is 2.29. The van der Waals surface area contributed by atoms with Gasteiger partial charge in [0.2, 0.25) is 0 Å². The molecule has 6 heteroatoms. The molecule has 0 unspecified atom stereocenters. The average Bonchev–Trinajstić information content (AvgIpc) is 2.38. The minimum Gasteiger partial charge on any atom is -0.366 e. The van der Waals surface area contributed by atoms with Crippen molar-refractivity contribution in [2.24, 2.45) is 0 Å². The monoisotopic (exact) mass is 290 g/mol. The minimum atomic E-state index is -1.02. The van der Waals surface area contributed by atoms with Crippen LogP contribution in [-0.2, 0) is 4.79 Å². The third kappa shape index (κ3) is 2.87. The smallest absolute Gasteiger partial charge is 0.255 e. The molecular weight excluding hydrogens is 278 g/mol. The Labute approximate surface area is 115 Å². The summed E-state index contributed by atoms with van der Waals surface area (Å²) >= 11 is 11.1. The maximum atomic E-state index is 13.6. The molecule has 0 aliphatic carbocycles. The second-order valence-electron chi connectivity index (χ2n) is 4.06. The second kappa shape index (κ2) is 5.76. The van der Waals surface area contributed by atoms with Crippen LogP contribution in [0.25, 0.3) is 0 Å². The van der Waals surface area contributed by atoms with Crippen LogP contribution >= 0.6 is 23.2 Å². The number of hydrogen-bond donors (Lipinski definition) is 0. The van der Waals surface area contributed by atoms with E-state index in [9.17, 15) is 9.18 Å². The maximum absolute atomic E-state index is 13.6. The molecule has 0 aromatic heterocycles. The van der Waals surface area contributed by atoms with Crippen LogP contribution in [0.4, 0.5) is 10.1 Å².